The molecule has 6 nitrogen and oxygen atoms in total. The largest absolute Gasteiger partial charge is 0.371 e. The van der Waals surface area contributed by atoms with Crippen LogP contribution in [-0.2, 0) is 10.0 Å². The third-order valence-corrected chi connectivity index (χ3v) is 5.62. The van der Waals surface area contributed by atoms with E-state index in [0.29, 0.717) is 11.4 Å². The van der Waals surface area contributed by atoms with E-state index in [-0.39, 0.29) is 10.6 Å². The van der Waals surface area contributed by atoms with Crippen molar-refractivity contribution in [3.05, 3.63) is 35.4 Å². The van der Waals surface area contributed by atoms with Gasteiger partial charge >= 0.3 is 0 Å². The van der Waals surface area contributed by atoms with Crippen LogP contribution in [0.15, 0.2) is 23.1 Å². The van der Waals surface area contributed by atoms with Crippen LogP contribution in [0.4, 0.5) is 15.8 Å². The molecule has 1 aliphatic heterocycles. The quantitative estimate of drug-likeness (QED) is 0.898. The highest BCUT2D eigenvalue weighted by molar-refractivity contribution is 7.92. The van der Waals surface area contributed by atoms with Crippen molar-refractivity contribution in [1.82, 2.24) is 10.2 Å². The first-order valence-corrected chi connectivity index (χ1v) is 8.96. The van der Waals surface area contributed by atoms with Crippen LogP contribution in [0.2, 0.25) is 0 Å². The number of rotatable bonds is 4. The molecule has 3 rings (SSSR count). The second-order valence-corrected chi connectivity index (χ2v) is 7.35. The molecule has 8 heteroatoms. The van der Waals surface area contributed by atoms with E-state index >= 15 is 0 Å². The van der Waals surface area contributed by atoms with E-state index in [1.807, 2.05) is 0 Å². The standard InChI is InChI=1S/C15H19FN4O2S/c1-10-15(11(2)18-17-10)23(21,22)19-14-9-12(5-6-13(14)16)20-7-3-4-8-20/h5-6,9,19H,3-4,7-8H2,1-2H3,(H,17,18). The summed E-state index contributed by atoms with van der Waals surface area (Å²) in [6, 6.07) is 4.51. The summed E-state index contributed by atoms with van der Waals surface area (Å²) in [7, 11) is -3.90. The fourth-order valence-corrected chi connectivity index (χ4v) is 4.33. The number of hydrogen-bond acceptors (Lipinski definition) is 4. The van der Waals surface area contributed by atoms with Crippen molar-refractivity contribution in [2.75, 3.05) is 22.7 Å². The Kier molecular flexibility index (Phi) is 4.01. The molecule has 2 N–H and O–H groups in total. The van der Waals surface area contributed by atoms with Crippen molar-refractivity contribution in [2.24, 2.45) is 0 Å². The summed E-state index contributed by atoms with van der Waals surface area (Å²) >= 11 is 0. The number of aromatic amines is 1. The van der Waals surface area contributed by atoms with Crippen LogP contribution in [0, 0.1) is 19.7 Å². The number of nitrogens with one attached hydrogen (secondary N) is 2. The Morgan fingerprint density at radius 3 is 2.57 bits per heavy atom. The summed E-state index contributed by atoms with van der Waals surface area (Å²) in [5.41, 5.74) is 1.55. The predicted octanol–water partition coefficient (Wildman–Crippen LogP) is 2.57. The molecular weight excluding hydrogens is 319 g/mol. The molecule has 0 saturated carbocycles. The number of anilines is 2. The third kappa shape index (κ3) is 3.03. The lowest BCUT2D eigenvalue weighted by atomic mass is 10.2. The average molecular weight is 338 g/mol. The molecule has 1 saturated heterocycles. The van der Waals surface area contributed by atoms with Crippen molar-refractivity contribution < 1.29 is 12.8 Å². The molecule has 2 aromatic rings. The fraction of sp³-hybridized carbons (Fsp3) is 0.400. The molecule has 0 unspecified atom stereocenters. The van der Waals surface area contributed by atoms with E-state index in [2.05, 4.69) is 19.8 Å². The van der Waals surface area contributed by atoms with Gasteiger partial charge in [0.25, 0.3) is 10.0 Å². The summed E-state index contributed by atoms with van der Waals surface area (Å²) in [5, 5.41) is 6.51. The second-order valence-electron chi connectivity index (χ2n) is 5.73. The number of halogens is 1. The Morgan fingerprint density at radius 1 is 1.26 bits per heavy atom. The minimum absolute atomic E-state index is 0.0469. The zero-order valence-corrected chi connectivity index (χ0v) is 13.9. The van der Waals surface area contributed by atoms with Gasteiger partial charge < -0.3 is 4.90 Å². The van der Waals surface area contributed by atoms with Crippen LogP contribution in [0.25, 0.3) is 0 Å². The molecule has 124 valence electrons. The molecule has 1 aromatic carbocycles. The highest BCUT2D eigenvalue weighted by Gasteiger charge is 2.24. The Balaban J connectivity index is 1.94. The van der Waals surface area contributed by atoms with Gasteiger partial charge in [-0.3, -0.25) is 9.82 Å². The number of hydrogen-bond donors (Lipinski definition) is 2. The molecule has 1 aliphatic rings. The van der Waals surface area contributed by atoms with Gasteiger partial charge in [0, 0.05) is 18.8 Å². The van der Waals surface area contributed by atoms with Crippen LogP contribution in [0.5, 0.6) is 0 Å². The van der Waals surface area contributed by atoms with E-state index in [9.17, 15) is 12.8 Å². The Morgan fingerprint density at radius 2 is 1.96 bits per heavy atom. The number of sulfonamides is 1. The molecule has 2 heterocycles. The first-order chi connectivity index (χ1) is 10.9. The molecular formula is C15H19FN4O2S. The van der Waals surface area contributed by atoms with Crippen LogP contribution >= 0.6 is 0 Å². The van der Waals surface area contributed by atoms with Crippen molar-refractivity contribution in [1.29, 1.82) is 0 Å². The van der Waals surface area contributed by atoms with Gasteiger partial charge in [-0.25, -0.2) is 12.8 Å². The Hall–Kier alpha value is -2.09. The number of benzene rings is 1. The first-order valence-electron chi connectivity index (χ1n) is 7.47. The van der Waals surface area contributed by atoms with E-state index < -0.39 is 15.8 Å². The van der Waals surface area contributed by atoms with Gasteiger partial charge in [-0.2, -0.15) is 5.10 Å². The SMILES string of the molecule is Cc1n[nH]c(C)c1S(=O)(=O)Nc1cc(N2CCCC2)ccc1F. The molecule has 23 heavy (non-hydrogen) atoms. The maximum atomic E-state index is 14.1. The zero-order valence-electron chi connectivity index (χ0n) is 13.1. The lowest BCUT2D eigenvalue weighted by Crippen LogP contribution is -2.19. The molecule has 1 aromatic heterocycles. The first kappa shape index (κ1) is 15.8. The third-order valence-electron chi connectivity index (χ3n) is 3.99. The molecule has 0 aliphatic carbocycles. The lowest BCUT2D eigenvalue weighted by molar-refractivity contribution is 0.597. The summed E-state index contributed by atoms with van der Waals surface area (Å²) in [4.78, 5) is 2.18. The average Bonchev–Trinajstić information content (AvgIpc) is 3.11. The van der Waals surface area contributed by atoms with Crippen molar-refractivity contribution in [2.45, 2.75) is 31.6 Å². The van der Waals surface area contributed by atoms with Gasteiger partial charge in [0.2, 0.25) is 0 Å². The molecule has 0 amide bonds. The fourth-order valence-electron chi connectivity index (χ4n) is 2.90. The monoisotopic (exact) mass is 338 g/mol. The second kappa shape index (κ2) is 5.84. The van der Waals surface area contributed by atoms with E-state index in [1.54, 1.807) is 26.0 Å². The van der Waals surface area contributed by atoms with Gasteiger partial charge in [0.1, 0.15) is 10.7 Å². The van der Waals surface area contributed by atoms with Gasteiger partial charge in [-0.1, -0.05) is 0 Å². The van der Waals surface area contributed by atoms with E-state index in [0.717, 1.165) is 31.6 Å². The van der Waals surface area contributed by atoms with Crippen molar-refractivity contribution >= 4 is 21.4 Å². The van der Waals surface area contributed by atoms with Gasteiger partial charge in [0.15, 0.2) is 0 Å². The summed E-state index contributed by atoms with van der Waals surface area (Å²) in [6.07, 6.45) is 2.18. The lowest BCUT2D eigenvalue weighted by Gasteiger charge is -2.19. The number of nitrogens with zero attached hydrogens (tertiary/aromatic N) is 2. The highest BCUT2D eigenvalue weighted by Crippen LogP contribution is 2.28. The van der Waals surface area contributed by atoms with Crippen LogP contribution < -0.4 is 9.62 Å². The van der Waals surface area contributed by atoms with Crippen LogP contribution in [-0.4, -0.2) is 31.7 Å². The van der Waals surface area contributed by atoms with Crippen LogP contribution in [0.1, 0.15) is 24.2 Å². The number of H-pyrrole nitrogens is 1. The smallest absolute Gasteiger partial charge is 0.265 e. The zero-order chi connectivity index (χ0) is 16.6. The van der Waals surface area contributed by atoms with E-state index in [4.69, 9.17) is 0 Å². The van der Waals surface area contributed by atoms with Gasteiger partial charge in [-0.15, -0.1) is 0 Å². The maximum absolute atomic E-state index is 14.1. The molecule has 0 spiro atoms. The van der Waals surface area contributed by atoms with Crippen LogP contribution in [0.3, 0.4) is 0 Å². The Labute approximate surface area is 134 Å². The maximum Gasteiger partial charge on any atom is 0.265 e. The van der Waals surface area contributed by atoms with E-state index in [1.165, 1.54) is 6.07 Å². The van der Waals surface area contributed by atoms with Gasteiger partial charge in [0.05, 0.1) is 17.1 Å². The molecule has 0 radical (unpaired) electrons. The topological polar surface area (TPSA) is 78.1 Å². The molecule has 0 atom stereocenters. The molecule has 0 bridgehead atoms. The van der Waals surface area contributed by atoms with Gasteiger partial charge in [-0.05, 0) is 44.9 Å². The number of aryl methyl sites for hydroxylation is 2. The Bertz CT molecular complexity index is 806. The summed E-state index contributed by atoms with van der Waals surface area (Å²) in [6.45, 7) is 5.01. The molecule has 1 fully saturated rings. The van der Waals surface area contributed by atoms with Crippen molar-refractivity contribution in [3.8, 4) is 0 Å². The minimum atomic E-state index is -3.90. The summed E-state index contributed by atoms with van der Waals surface area (Å²) < 4.78 is 41.5. The minimum Gasteiger partial charge on any atom is -0.371 e. The number of aromatic nitrogens is 2. The predicted molar refractivity (Wildman–Crippen MR) is 86.7 cm³/mol. The summed E-state index contributed by atoms with van der Waals surface area (Å²) in [5.74, 6) is -0.602. The highest BCUT2D eigenvalue weighted by atomic mass is 32.2. The van der Waals surface area contributed by atoms with Crippen molar-refractivity contribution in [3.63, 3.8) is 0 Å². The normalized spacial score (nSPS) is 15.2.